The van der Waals surface area contributed by atoms with Crippen LogP contribution < -0.4 is 4.74 Å². The molecule has 1 heterocycles. The fourth-order valence-electron chi connectivity index (χ4n) is 1.45. The molecule has 78 valence electrons. The molecule has 2 rings (SSSR count). The van der Waals surface area contributed by atoms with E-state index in [1.807, 2.05) is 31.2 Å². The van der Waals surface area contributed by atoms with Crippen molar-refractivity contribution >= 4 is 34.0 Å². The quantitative estimate of drug-likeness (QED) is 0.744. The number of ether oxygens (including phenoxy) is 1. The first-order chi connectivity index (χ1) is 7.24. The van der Waals surface area contributed by atoms with Gasteiger partial charge >= 0.3 is 0 Å². The normalized spacial score (nSPS) is 10.6. The summed E-state index contributed by atoms with van der Waals surface area (Å²) in [5, 5.41) is 2.45. The molecule has 0 fully saturated rings. The summed E-state index contributed by atoms with van der Waals surface area (Å²) >= 11 is 12.0. The lowest BCUT2D eigenvalue weighted by molar-refractivity contribution is 0.343. The van der Waals surface area contributed by atoms with Gasteiger partial charge in [-0.3, -0.25) is 0 Å². The smallest absolute Gasteiger partial charge is 0.173 e. The van der Waals surface area contributed by atoms with Gasteiger partial charge in [-0.1, -0.05) is 47.5 Å². The third kappa shape index (κ3) is 1.87. The van der Waals surface area contributed by atoms with Crippen LogP contribution in [0.5, 0.6) is 5.75 Å². The number of hydrogen-bond donors (Lipinski definition) is 0. The van der Waals surface area contributed by atoms with Crippen LogP contribution in [0.4, 0.5) is 0 Å². The van der Waals surface area contributed by atoms with Crippen LogP contribution in [-0.2, 0) is 0 Å². The Hall–Kier alpha value is -0.990. The maximum Gasteiger partial charge on any atom is 0.173 e. The third-order valence-electron chi connectivity index (χ3n) is 2.07. The topological polar surface area (TPSA) is 22.1 Å². The minimum atomic E-state index is 0.306. The van der Waals surface area contributed by atoms with Gasteiger partial charge in [0.15, 0.2) is 10.9 Å². The fourth-order valence-corrected chi connectivity index (χ4v) is 1.98. The molecule has 0 spiro atoms. The van der Waals surface area contributed by atoms with Crippen LogP contribution in [-0.4, -0.2) is 11.6 Å². The lowest BCUT2D eigenvalue weighted by Gasteiger charge is -2.09. The number of rotatable bonds is 2. The molecule has 15 heavy (non-hydrogen) atoms. The molecule has 0 aliphatic heterocycles. The number of aromatic nitrogens is 1. The summed E-state index contributed by atoms with van der Waals surface area (Å²) in [6.07, 6.45) is 0. The maximum absolute atomic E-state index is 5.98. The van der Waals surface area contributed by atoms with Crippen LogP contribution in [0.25, 0.3) is 10.8 Å². The van der Waals surface area contributed by atoms with Crippen LogP contribution >= 0.6 is 23.2 Å². The molecule has 0 saturated heterocycles. The minimum absolute atomic E-state index is 0.306. The lowest BCUT2D eigenvalue weighted by Crippen LogP contribution is -1.95. The van der Waals surface area contributed by atoms with E-state index in [0.717, 1.165) is 10.8 Å². The highest BCUT2D eigenvalue weighted by molar-refractivity contribution is 6.37. The van der Waals surface area contributed by atoms with Crippen molar-refractivity contribution in [1.82, 2.24) is 4.98 Å². The van der Waals surface area contributed by atoms with Gasteiger partial charge in [-0.2, -0.15) is 0 Å². The minimum Gasteiger partial charge on any atom is -0.490 e. The van der Waals surface area contributed by atoms with E-state index in [1.54, 1.807) is 0 Å². The molecule has 0 atom stereocenters. The van der Waals surface area contributed by atoms with Crippen molar-refractivity contribution in [1.29, 1.82) is 0 Å². The van der Waals surface area contributed by atoms with Gasteiger partial charge in [0.1, 0.15) is 5.15 Å². The second-order valence-corrected chi connectivity index (χ2v) is 3.72. The molecular weight excluding hydrogens is 233 g/mol. The summed E-state index contributed by atoms with van der Waals surface area (Å²) < 4.78 is 5.45. The number of halogens is 2. The zero-order chi connectivity index (χ0) is 10.8. The molecule has 2 aromatic rings. The molecule has 1 aromatic carbocycles. The molecule has 0 aliphatic rings. The summed E-state index contributed by atoms with van der Waals surface area (Å²) in [6.45, 7) is 2.45. The molecule has 0 saturated carbocycles. The molecule has 1 aromatic heterocycles. The summed E-state index contributed by atoms with van der Waals surface area (Å²) in [7, 11) is 0. The van der Waals surface area contributed by atoms with E-state index in [-0.39, 0.29) is 0 Å². The molecule has 0 aliphatic carbocycles. The first-order valence-electron chi connectivity index (χ1n) is 4.60. The molecule has 4 heteroatoms. The van der Waals surface area contributed by atoms with Gasteiger partial charge in [-0.05, 0) is 6.92 Å². The van der Waals surface area contributed by atoms with E-state index in [4.69, 9.17) is 27.9 Å². The van der Waals surface area contributed by atoms with Gasteiger partial charge in [-0.15, -0.1) is 0 Å². The highest BCUT2D eigenvalue weighted by atomic mass is 35.5. The maximum atomic E-state index is 5.98. The van der Waals surface area contributed by atoms with Crippen LogP contribution in [0, 0.1) is 0 Å². The lowest BCUT2D eigenvalue weighted by atomic mass is 10.2. The average molecular weight is 242 g/mol. The second kappa shape index (κ2) is 4.25. The zero-order valence-electron chi connectivity index (χ0n) is 8.13. The van der Waals surface area contributed by atoms with Gasteiger partial charge in [0.25, 0.3) is 0 Å². The zero-order valence-corrected chi connectivity index (χ0v) is 9.64. The molecule has 0 N–H and O–H groups in total. The number of benzene rings is 1. The Morgan fingerprint density at radius 3 is 2.47 bits per heavy atom. The largest absolute Gasteiger partial charge is 0.490 e. The number of nitrogens with zero attached hydrogens (tertiary/aromatic N) is 1. The van der Waals surface area contributed by atoms with Crippen molar-refractivity contribution in [2.45, 2.75) is 6.92 Å². The van der Waals surface area contributed by atoms with E-state index in [9.17, 15) is 0 Å². The van der Waals surface area contributed by atoms with Crippen LogP contribution in [0.3, 0.4) is 0 Å². The van der Waals surface area contributed by atoms with E-state index in [0.29, 0.717) is 22.7 Å². The summed E-state index contributed by atoms with van der Waals surface area (Å²) in [6, 6.07) is 7.63. The Labute approximate surface area is 97.8 Å². The highest BCUT2D eigenvalue weighted by Crippen LogP contribution is 2.35. The Bertz CT molecular complexity index is 499. The molecular formula is C11H9Cl2NO. The van der Waals surface area contributed by atoms with E-state index in [2.05, 4.69) is 4.98 Å². The number of hydrogen-bond acceptors (Lipinski definition) is 2. The average Bonchev–Trinajstić information content (AvgIpc) is 2.24. The van der Waals surface area contributed by atoms with Crippen molar-refractivity contribution in [3.05, 3.63) is 34.6 Å². The predicted molar refractivity (Wildman–Crippen MR) is 62.9 cm³/mol. The Morgan fingerprint density at radius 1 is 1.13 bits per heavy atom. The van der Waals surface area contributed by atoms with Crippen molar-refractivity contribution in [2.24, 2.45) is 0 Å². The second-order valence-electron chi connectivity index (χ2n) is 3.00. The van der Waals surface area contributed by atoms with Crippen LogP contribution in [0.15, 0.2) is 24.3 Å². The Balaban J connectivity index is 2.77. The van der Waals surface area contributed by atoms with E-state index >= 15 is 0 Å². The molecule has 0 radical (unpaired) electrons. The standard InChI is InChI=1S/C11H9Cl2NO/c1-2-15-9-7-5-3-4-6-8(7)10(12)14-11(9)13/h3-6H,2H2,1H3. The molecule has 2 nitrogen and oxygen atoms in total. The Kier molecular flexibility index (Phi) is 2.98. The van der Waals surface area contributed by atoms with Crippen molar-refractivity contribution in [2.75, 3.05) is 6.61 Å². The first-order valence-corrected chi connectivity index (χ1v) is 5.36. The monoisotopic (exact) mass is 241 g/mol. The van der Waals surface area contributed by atoms with Gasteiger partial charge in [0, 0.05) is 10.8 Å². The van der Waals surface area contributed by atoms with Crippen LogP contribution in [0.2, 0.25) is 10.3 Å². The predicted octanol–water partition coefficient (Wildman–Crippen LogP) is 3.94. The van der Waals surface area contributed by atoms with Gasteiger partial charge in [-0.25, -0.2) is 4.98 Å². The van der Waals surface area contributed by atoms with E-state index < -0.39 is 0 Å². The first kappa shape index (κ1) is 10.5. The van der Waals surface area contributed by atoms with Crippen molar-refractivity contribution in [3.63, 3.8) is 0 Å². The highest BCUT2D eigenvalue weighted by Gasteiger charge is 2.11. The summed E-state index contributed by atoms with van der Waals surface area (Å²) in [5.41, 5.74) is 0. The molecule has 0 bridgehead atoms. The number of pyridine rings is 1. The summed E-state index contributed by atoms with van der Waals surface area (Å²) in [5.74, 6) is 0.596. The van der Waals surface area contributed by atoms with Crippen LogP contribution in [0.1, 0.15) is 6.92 Å². The molecule has 0 amide bonds. The molecule has 0 unspecified atom stereocenters. The van der Waals surface area contributed by atoms with E-state index in [1.165, 1.54) is 0 Å². The SMILES string of the molecule is CCOc1c(Cl)nc(Cl)c2ccccc12. The van der Waals surface area contributed by atoms with Crippen molar-refractivity contribution < 1.29 is 4.74 Å². The fraction of sp³-hybridized carbons (Fsp3) is 0.182. The third-order valence-corrected chi connectivity index (χ3v) is 2.61. The van der Waals surface area contributed by atoms with Gasteiger partial charge in [0.2, 0.25) is 0 Å². The van der Waals surface area contributed by atoms with Gasteiger partial charge < -0.3 is 4.74 Å². The van der Waals surface area contributed by atoms with Crippen molar-refractivity contribution in [3.8, 4) is 5.75 Å². The number of fused-ring (bicyclic) bond motifs is 1. The summed E-state index contributed by atoms with van der Waals surface area (Å²) in [4.78, 5) is 4.03. The Morgan fingerprint density at radius 2 is 1.80 bits per heavy atom. The van der Waals surface area contributed by atoms with Gasteiger partial charge in [0.05, 0.1) is 6.61 Å².